The van der Waals surface area contributed by atoms with Crippen LogP contribution in [0.15, 0.2) is 34.9 Å². The second-order valence-electron chi connectivity index (χ2n) is 5.75. The van der Waals surface area contributed by atoms with Crippen molar-refractivity contribution in [3.8, 4) is 0 Å². The van der Waals surface area contributed by atoms with E-state index in [2.05, 4.69) is 60.5 Å². The number of rotatable bonds is 6. The first-order valence-electron chi connectivity index (χ1n) is 8.11. The molecule has 3 rings (SSSR count). The molecule has 2 heterocycles. The molecule has 1 aliphatic heterocycles. The highest BCUT2D eigenvalue weighted by atomic mass is 79.9. The van der Waals surface area contributed by atoms with Gasteiger partial charge in [0.1, 0.15) is 5.82 Å². The summed E-state index contributed by atoms with van der Waals surface area (Å²) in [6.07, 6.45) is 1.76. The highest BCUT2D eigenvalue weighted by Gasteiger charge is 2.09. The standard InChI is InChI=1S/C17H22BrN5O/c1-13-2-3-15(14(18)12-13)21-17-20-5-4-16(22-17)19-6-7-23-8-10-24-11-9-23/h2-5,12H,6-11H2,1H3,(H2,19,20,21,22). The third-order valence-corrected chi connectivity index (χ3v) is 4.52. The molecule has 0 amide bonds. The van der Waals surface area contributed by atoms with Crippen molar-refractivity contribution in [2.24, 2.45) is 0 Å². The van der Waals surface area contributed by atoms with Gasteiger partial charge >= 0.3 is 0 Å². The molecular weight excluding hydrogens is 370 g/mol. The number of ether oxygens (including phenoxy) is 1. The summed E-state index contributed by atoms with van der Waals surface area (Å²) < 4.78 is 6.36. The maximum Gasteiger partial charge on any atom is 0.229 e. The molecule has 0 radical (unpaired) electrons. The lowest BCUT2D eigenvalue weighted by molar-refractivity contribution is 0.0398. The second-order valence-corrected chi connectivity index (χ2v) is 6.61. The van der Waals surface area contributed by atoms with Gasteiger partial charge in [0.05, 0.1) is 18.9 Å². The summed E-state index contributed by atoms with van der Waals surface area (Å²) in [7, 11) is 0. The number of hydrogen-bond acceptors (Lipinski definition) is 6. The Morgan fingerprint density at radius 1 is 1.25 bits per heavy atom. The Labute approximate surface area is 150 Å². The fourth-order valence-electron chi connectivity index (χ4n) is 2.53. The largest absolute Gasteiger partial charge is 0.379 e. The van der Waals surface area contributed by atoms with Crippen LogP contribution in [0.5, 0.6) is 0 Å². The zero-order chi connectivity index (χ0) is 16.8. The number of aryl methyl sites for hydroxylation is 1. The molecule has 0 saturated carbocycles. The van der Waals surface area contributed by atoms with Crippen molar-refractivity contribution in [1.29, 1.82) is 0 Å². The van der Waals surface area contributed by atoms with Gasteiger partial charge in [-0.05, 0) is 46.6 Å². The van der Waals surface area contributed by atoms with Crippen LogP contribution in [0.2, 0.25) is 0 Å². The first-order chi connectivity index (χ1) is 11.7. The van der Waals surface area contributed by atoms with Crippen LogP contribution in [-0.2, 0) is 4.74 Å². The molecule has 7 heteroatoms. The first-order valence-corrected chi connectivity index (χ1v) is 8.90. The Bertz CT molecular complexity index is 676. The van der Waals surface area contributed by atoms with Crippen molar-refractivity contribution in [3.05, 3.63) is 40.5 Å². The molecule has 1 aliphatic rings. The van der Waals surface area contributed by atoms with Gasteiger partial charge in [0.25, 0.3) is 0 Å². The number of halogens is 1. The molecule has 128 valence electrons. The third-order valence-electron chi connectivity index (χ3n) is 3.86. The monoisotopic (exact) mass is 391 g/mol. The quantitative estimate of drug-likeness (QED) is 0.788. The van der Waals surface area contributed by atoms with Gasteiger partial charge in [0, 0.05) is 36.8 Å². The van der Waals surface area contributed by atoms with Gasteiger partial charge in [-0.1, -0.05) is 6.07 Å². The summed E-state index contributed by atoms with van der Waals surface area (Å²) in [6.45, 7) is 7.55. The van der Waals surface area contributed by atoms with Gasteiger partial charge in [0.15, 0.2) is 0 Å². The predicted octanol–water partition coefficient (Wildman–Crippen LogP) is 3.04. The van der Waals surface area contributed by atoms with Crippen LogP contribution in [0.25, 0.3) is 0 Å². The Kier molecular flexibility index (Phi) is 6.01. The van der Waals surface area contributed by atoms with Crippen LogP contribution < -0.4 is 10.6 Å². The van der Waals surface area contributed by atoms with Gasteiger partial charge in [0.2, 0.25) is 5.95 Å². The van der Waals surface area contributed by atoms with Gasteiger partial charge in [-0.3, -0.25) is 4.90 Å². The maximum atomic E-state index is 5.36. The lowest BCUT2D eigenvalue weighted by Gasteiger charge is -2.26. The maximum absolute atomic E-state index is 5.36. The van der Waals surface area contributed by atoms with Gasteiger partial charge in [-0.15, -0.1) is 0 Å². The molecule has 1 fully saturated rings. The number of nitrogens with zero attached hydrogens (tertiary/aromatic N) is 3. The number of nitrogens with one attached hydrogen (secondary N) is 2. The summed E-state index contributed by atoms with van der Waals surface area (Å²) in [5.74, 6) is 1.40. The summed E-state index contributed by atoms with van der Waals surface area (Å²) in [4.78, 5) is 11.2. The zero-order valence-electron chi connectivity index (χ0n) is 13.8. The van der Waals surface area contributed by atoms with Crippen molar-refractivity contribution in [2.45, 2.75) is 6.92 Å². The van der Waals surface area contributed by atoms with Crippen molar-refractivity contribution >= 4 is 33.4 Å². The molecule has 6 nitrogen and oxygen atoms in total. The Hall–Kier alpha value is -1.70. The van der Waals surface area contributed by atoms with Gasteiger partial charge in [-0.2, -0.15) is 4.98 Å². The van der Waals surface area contributed by atoms with E-state index in [1.165, 1.54) is 5.56 Å². The van der Waals surface area contributed by atoms with Crippen LogP contribution >= 0.6 is 15.9 Å². The Morgan fingerprint density at radius 3 is 2.88 bits per heavy atom. The van der Waals surface area contributed by atoms with E-state index >= 15 is 0 Å². The highest BCUT2D eigenvalue weighted by Crippen LogP contribution is 2.25. The fraction of sp³-hybridized carbons (Fsp3) is 0.412. The topological polar surface area (TPSA) is 62.3 Å². The smallest absolute Gasteiger partial charge is 0.229 e. The summed E-state index contributed by atoms with van der Waals surface area (Å²) in [5.41, 5.74) is 2.15. The lowest BCUT2D eigenvalue weighted by atomic mass is 10.2. The van der Waals surface area contributed by atoms with Crippen molar-refractivity contribution in [1.82, 2.24) is 14.9 Å². The summed E-state index contributed by atoms with van der Waals surface area (Å²) in [5, 5.41) is 6.60. The third kappa shape index (κ3) is 4.90. The van der Waals surface area contributed by atoms with E-state index in [4.69, 9.17) is 4.74 Å². The lowest BCUT2D eigenvalue weighted by Crippen LogP contribution is -2.39. The number of hydrogen-bond donors (Lipinski definition) is 2. The predicted molar refractivity (Wildman–Crippen MR) is 99.9 cm³/mol. The van der Waals surface area contributed by atoms with E-state index in [9.17, 15) is 0 Å². The number of aromatic nitrogens is 2. The fourth-order valence-corrected chi connectivity index (χ4v) is 3.12. The van der Waals surface area contributed by atoms with E-state index < -0.39 is 0 Å². The summed E-state index contributed by atoms with van der Waals surface area (Å²) >= 11 is 3.56. The minimum Gasteiger partial charge on any atom is -0.379 e. The SMILES string of the molecule is Cc1ccc(Nc2nccc(NCCN3CCOCC3)n2)c(Br)c1. The van der Waals surface area contributed by atoms with Gasteiger partial charge < -0.3 is 15.4 Å². The summed E-state index contributed by atoms with van der Waals surface area (Å²) in [6, 6.07) is 8.01. The number of benzene rings is 1. The van der Waals surface area contributed by atoms with Crippen LogP contribution in [0.3, 0.4) is 0 Å². The van der Waals surface area contributed by atoms with Crippen molar-refractivity contribution in [2.75, 3.05) is 50.0 Å². The second kappa shape index (κ2) is 8.41. The van der Waals surface area contributed by atoms with Crippen LogP contribution in [0.1, 0.15) is 5.56 Å². The molecule has 1 saturated heterocycles. The minimum absolute atomic E-state index is 0.580. The number of anilines is 3. The molecule has 0 spiro atoms. The minimum atomic E-state index is 0.580. The molecule has 1 aromatic heterocycles. The molecule has 1 aromatic carbocycles. The molecule has 2 N–H and O–H groups in total. The highest BCUT2D eigenvalue weighted by molar-refractivity contribution is 9.10. The van der Waals surface area contributed by atoms with E-state index in [0.29, 0.717) is 5.95 Å². The average Bonchev–Trinajstić information content (AvgIpc) is 2.59. The van der Waals surface area contributed by atoms with Crippen LogP contribution in [-0.4, -0.2) is 54.3 Å². The van der Waals surface area contributed by atoms with Crippen molar-refractivity contribution < 1.29 is 4.74 Å². The molecule has 24 heavy (non-hydrogen) atoms. The Morgan fingerprint density at radius 2 is 2.08 bits per heavy atom. The van der Waals surface area contributed by atoms with E-state index in [0.717, 1.165) is 55.4 Å². The van der Waals surface area contributed by atoms with E-state index in [-0.39, 0.29) is 0 Å². The molecular formula is C17H22BrN5O. The first kappa shape index (κ1) is 17.1. The average molecular weight is 392 g/mol. The van der Waals surface area contributed by atoms with Gasteiger partial charge in [-0.25, -0.2) is 4.98 Å². The van der Waals surface area contributed by atoms with Crippen LogP contribution in [0, 0.1) is 6.92 Å². The van der Waals surface area contributed by atoms with Crippen molar-refractivity contribution in [3.63, 3.8) is 0 Å². The normalized spacial score (nSPS) is 15.2. The number of morpholine rings is 1. The van der Waals surface area contributed by atoms with E-state index in [1.54, 1.807) is 6.20 Å². The molecule has 0 aliphatic carbocycles. The molecule has 0 unspecified atom stereocenters. The van der Waals surface area contributed by atoms with E-state index in [1.807, 2.05) is 12.1 Å². The molecule has 0 atom stereocenters. The molecule has 0 bridgehead atoms. The Balaban J connectivity index is 1.55. The molecule has 2 aromatic rings. The van der Waals surface area contributed by atoms with Crippen LogP contribution in [0.4, 0.5) is 17.5 Å². The zero-order valence-corrected chi connectivity index (χ0v) is 15.3.